The lowest BCUT2D eigenvalue weighted by Gasteiger charge is -2.36. The highest BCUT2D eigenvalue weighted by Gasteiger charge is 2.32. The molecule has 2 saturated heterocycles. The first-order valence-corrected chi connectivity index (χ1v) is 17.7. The number of nitrogens with one attached hydrogen (secondary N) is 1. The predicted molar refractivity (Wildman–Crippen MR) is 200 cm³/mol. The second-order valence-electron chi connectivity index (χ2n) is 14.0. The maximum Gasteiger partial charge on any atom is 0.309 e. The number of nitrogens with zero attached hydrogens (tertiary/aromatic N) is 7. The van der Waals surface area contributed by atoms with Gasteiger partial charge in [0.25, 0.3) is 5.56 Å². The van der Waals surface area contributed by atoms with Crippen molar-refractivity contribution in [1.82, 2.24) is 29.3 Å². The molecule has 53 heavy (non-hydrogen) atoms. The molecule has 4 aromatic heterocycles. The minimum Gasteiger partial charge on any atom is -0.481 e. The number of hydrogen-bond donors (Lipinski definition) is 3. The number of aliphatic hydroxyl groups is 1. The summed E-state index contributed by atoms with van der Waals surface area (Å²) in [4.78, 5) is 42.9. The van der Waals surface area contributed by atoms with Crippen LogP contribution in [0.1, 0.15) is 28.7 Å². The Morgan fingerprint density at radius 1 is 1.00 bits per heavy atom. The van der Waals surface area contributed by atoms with Crippen LogP contribution in [0.25, 0.3) is 44.6 Å². The van der Waals surface area contributed by atoms with Crippen LogP contribution < -0.4 is 10.9 Å². The van der Waals surface area contributed by atoms with E-state index in [4.69, 9.17) is 9.40 Å². The lowest BCUT2D eigenvalue weighted by molar-refractivity contribution is -0.147. The van der Waals surface area contributed by atoms with Crippen LogP contribution >= 0.6 is 0 Å². The Kier molecular flexibility index (Phi) is 8.95. The fraction of sp³-hybridized carbons (Fsp3) is 0.300. The smallest absolute Gasteiger partial charge is 0.309 e. The van der Waals surface area contributed by atoms with Gasteiger partial charge in [0.05, 0.1) is 12.0 Å². The number of rotatable bonds is 10. The molecule has 2 aliphatic rings. The molecule has 2 fully saturated rings. The van der Waals surface area contributed by atoms with Gasteiger partial charge >= 0.3 is 5.97 Å². The van der Waals surface area contributed by atoms with E-state index >= 15 is 0 Å². The van der Waals surface area contributed by atoms with Gasteiger partial charge in [0.1, 0.15) is 17.1 Å². The van der Waals surface area contributed by atoms with E-state index in [2.05, 4.69) is 38.4 Å². The van der Waals surface area contributed by atoms with E-state index in [0.717, 1.165) is 63.9 Å². The molecule has 0 radical (unpaired) electrons. The number of oxazole rings is 1. The summed E-state index contributed by atoms with van der Waals surface area (Å²) in [5.74, 6) is -0.312. The van der Waals surface area contributed by atoms with E-state index in [1.807, 2.05) is 61.3 Å². The van der Waals surface area contributed by atoms with Gasteiger partial charge in [0, 0.05) is 81.0 Å². The highest BCUT2D eigenvalue weighted by atomic mass is 16.4. The van der Waals surface area contributed by atoms with Gasteiger partial charge in [-0.2, -0.15) is 5.26 Å². The van der Waals surface area contributed by atoms with Crippen molar-refractivity contribution in [3.63, 3.8) is 0 Å². The fourth-order valence-electron chi connectivity index (χ4n) is 7.42. The van der Waals surface area contributed by atoms with Gasteiger partial charge in [-0.15, -0.1) is 0 Å². The molecule has 0 aliphatic carbocycles. The zero-order valence-electron chi connectivity index (χ0n) is 29.4. The molecule has 0 amide bonds. The Labute approximate surface area is 304 Å². The average molecular weight is 711 g/mol. The summed E-state index contributed by atoms with van der Waals surface area (Å²) in [5.41, 5.74) is 7.33. The first-order chi connectivity index (χ1) is 25.7. The third-order valence-electron chi connectivity index (χ3n) is 10.5. The van der Waals surface area contributed by atoms with Crippen LogP contribution in [-0.4, -0.2) is 84.3 Å². The number of aromatic nitrogens is 4. The third kappa shape index (κ3) is 6.53. The lowest BCUT2D eigenvalue weighted by Crippen LogP contribution is -2.51. The number of benzene rings is 2. The van der Waals surface area contributed by atoms with Crippen LogP contribution in [0, 0.1) is 31.1 Å². The number of anilines is 2. The van der Waals surface area contributed by atoms with E-state index in [0.29, 0.717) is 44.1 Å². The van der Waals surface area contributed by atoms with Gasteiger partial charge in [0.15, 0.2) is 16.9 Å². The SMILES string of the molecule is Cc1c(Nc2nccc3cc(CN4CC[C@@H](O)C4)cnc23)cccc1-c1cccc(-c2nc3c(=O)n(CCN4CC(C(=O)O)C4)cc(C#N)c3o2)c1C. The number of pyridine rings is 3. The Morgan fingerprint density at radius 3 is 2.53 bits per heavy atom. The van der Waals surface area contributed by atoms with Crippen LogP contribution in [0.15, 0.2) is 76.3 Å². The average Bonchev–Trinajstić information content (AvgIpc) is 3.76. The summed E-state index contributed by atoms with van der Waals surface area (Å²) in [6.07, 6.45) is 5.67. The van der Waals surface area contributed by atoms with Crippen LogP contribution in [0.4, 0.5) is 11.5 Å². The van der Waals surface area contributed by atoms with E-state index in [9.17, 15) is 25.1 Å². The van der Waals surface area contributed by atoms with E-state index in [1.165, 1.54) is 10.8 Å². The number of hydrogen-bond acceptors (Lipinski definition) is 11. The van der Waals surface area contributed by atoms with Crippen molar-refractivity contribution < 1.29 is 19.4 Å². The van der Waals surface area contributed by atoms with Gasteiger partial charge in [-0.25, -0.2) is 9.97 Å². The van der Waals surface area contributed by atoms with Gasteiger partial charge in [-0.05, 0) is 72.4 Å². The van der Waals surface area contributed by atoms with Gasteiger partial charge < -0.3 is 24.5 Å². The largest absolute Gasteiger partial charge is 0.481 e. The van der Waals surface area contributed by atoms with Crippen LogP contribution in [0.5, 0.6) is 0 Å². The molecular weight excluding hydrogens is 672 g/mol. The number of carboxylic acids is 1. The number of aliphatic carboxylic acids is 1. The van der Waals surface area contributed by atoms with Gasteiger partial charge in [-0.1, -0.05) is 24.3 Å². The number of carboxylic acid groups (broad SMARTS) is 1. The maximum atomic E-state index is 13.5. The quantitative estimate of drug-likeness (QED) is 0.172. The Bertz CT molecular complexity index is 2500. The van der Waals surface area contributed by atoms with E-state index in [-0.39, 0.29) is 34.2 Å². The molecule has 0 unspecified atom stereocenters. The molecule has 0 bridgehead atoms. The molecule has 3 N–H and O–H groups in total. The lowest BCUT2D eigenvalue weighted by atomic mass is 9.93. The minimum absolute atomic E-state index is 0.0800. The summed E-state index contributed by atoms with van der Waals surface area (Å²) < 4.78 is 7.59. The van der Waals surface area contributed by atoms with Crippen molar-refractivity contribution in [2.24, 2.45) is 5.92 Å². The summed E-state index contributed by atoms with van der Waals surface area (Å²) in [5, 5.41) is 33.5. The molecule has 1 atom stereocenters. The van der Waals surface area contributed by atoms with Crippen molar-refractivity contribution in [2.45, 2.75) is 39.5 Å². The zero-order valence-corrected chi connectivity index (χ0v) is 29.4. The van der Waals surface area contributed by atoms with Crippen molar-refractivity contribution in [3.05, 3.63) is 99.7 Å². The molecule has 2 aromatic carbocycles. The van der Waals surface area contributed by atoms with Crippen LogP contribution in [0.2, 0.25) is 0 Å². The highest BCUT2D eigenvalue weighted by Crippen LogP contribution is 2.37. The third-order valence-corrected chi connectivity index (χ3v) is 10.5. The Balaban J connectivity index is 1.06. The summed E-state index contributed by atoms with van der Waals surface area (Å²) in [6, 6.07) is 18.1. The predicted octanol–water partition coefficient (Wildman–Crippen LogP) is 5.08. The first kappa shape index (κ1) is 34.2. The molecule has 8 rings (SSSR count). The second kappa shape index (κ2) is 13.9. The molecule has 0 saturated carbocycles. The number of nitriles is 1. The first-order valence-electron chi connectivity index (χ1n) is 17.7. The molecule has 2 aliphatic heterocycles. The minimum atomic E-state index is -0.817. The number of likely N-dealkylation sites (tertiary alicyclic amines) is 2. The van der Waals surface area contributed by atoms with Gasteiger partial charge in [-0.3, -0.25) is 24.4 Å². The molecule has 6 aromatic rings. The number of aliphatic hydroxyl groups excluding tert-OH is 1. The summed E-state index contributed by atoms with van der Waals surface area (Å²) in [6.45, 7) is 7.97. The Hall–Kier alpha value is -5.94. The molecule has 13 nitrogen and oxygen atoms in total. The normalized spacial score (nSPS) is 16.6. The van der Waals surface area contributed by atoms with Crippen molar-refractivity contribution in [1.29, 1.82) is 5.26 Å². The van der Waals surface area contributed by atoms with Gasteiger partial charge in [0.2, 0.25) is 5.89 Å². The van der Waals surface area contributed by atoms with E-state index in [1.54, 1.807) is 6.20 Å². The van der Waals surface area contributed by atoms with Crippen molar-refractivity contribution >= 4 is 39.5 Å². The molecule has 0 spiro atoms. The number of β-amino-alcohol motifs (C(OH)–C–C–N with tert-alkyl or cyclic N) is 1. The zero-order chi connectivity index (χ0) is 36.8. The standard InChI is InChI=1S/C40H38N8O5/c1-23-30(5-3-7-32(23)38-45-35-36(53-38)27(16-41)21-48(39(35)50)14-13-47-19-28(20-47)40(51)52)31-6-4-8-33(24(31)2)44-37-34-26(9-11-42-37)15-25(17-43-34)18-46-12-10-29(49)22-46/h3-9,11,15,17,21,28-29,49H,10,12-14,18-20,22H2,1-2H3,(H,42,44)(H,51,52)/t29-/m1/s1. The maximum absolute atomic E-state index is 13.5. The van der Waals surface area contributed by atoms with Crippen LogP contribution in [0.3, 0.4) is 0 Å². The Morgan fingerprint density at radius 2 is 1.77 bits per heavy atom. The molecular formula is C40H38N8O5. The van der Waals surface area contributed by atoms with Crippen LogP contribution in [-0.2, 0) is 17.9 Å². The summed E-state index contributed by atoms with van der Waals surface area (Å²) >= 11 is 0. The summed E-state index contributed by atoms with van der Waals surface area (Å²) in [7, 11) is 0. The number of fused-ring (bicyclic) bond motifs is 2. The monoisotopic (exact) mass is 710 g/mol. The van der Waals surface area contributed by atoms with Crippen molar-refractivity contribution in [2.75, 3.05) is 38.0 Å². The molecule has 268 valence electrons. The topological polar surface area (TPSA) is 174 Å². The fourth-order valence-corrected chi connectivity index (χ4v) is 7.42. The highest BCUT2D eigenvalue weighted by molar-refractivity contribution is 5.91. The second-order valence-corrected chi connectivity index (χ2v) is 14.0. The van der Waals surface area contributed by atoms with E-state index < -0.39 is 11.9 Å². The van der Waals surface area contributed by atoms with Crippen molar-refractivity contribution in [3.8, 4) is 28.7 Å². The molecule has 13 heteroatoms. The number of carbonyl (C=O) groups is 1. The molecule has 6 heterocycles.